The van der Waals surface area contributed by atoms with Gasteiger partial charge in [-0.25, -0.2) is 13.1 Å². The molecule has 0 aromatic heterocycles. The highest BCUT2D eigenvalue weighted by molar-refractivity contribution is 8.06. The summed E-state index contributed by atoms with van der Waals surface area (Å²) in [5.74, 6) is 0. The van der Waals surface area contributed by atoms with Gasteiger partial charge in [0.15, 0.2) is 0 Å². The van der Waals surface area contributed by atoms with Crippen LogP contribution in [0.15, 0.2) is 0 Å². The largest absolute Gasteiger partial charge is 0.484 e. The summed E-state index contributed by atoms with van der Waals surface area (Å²) in [4.78, 5) is 0. The van der Waals surface area contributed by atoms with Crippen molar-refractivity contribution in [2.75, 3.05) is 0 Å². The van der Waals surface area contributed by atoms with E-state index in [1.807, 2.05) is 0 Å². The maximum absolute atomic E-state index is 13.0. The second kappa shape index (κ2) is 4.75. The molecule has 17 heavy (non-hydrogen) atoms. The molecule has 0 saturated heterocycles. The zero-order chi connectivity index (χ0) is 13.3. The minimum atomic E-state index is -5.99. The van der Waals surface area contributed by atoms with Crippen LogP contribution in [-0.4, -0.2) is 32.0 Å². The van der Waals surface area contributed by atoms with Gasteiger partial charge in [-0.2, -0.15) is 17.2 Å². The first-order valence-electron chi connectivity index (χ1n) is 4.94. The van der Waals surface area contributed by atoms with E-state index in [1.165, 1.54) is 0 Å². The second-order valence-electron chi connectivity index (χ2n) is 3.89. The maximum atomic E-state index is 13.0. The van der Waals surface area contributed by atoms with Crippen molar-refractivity contribution in [3.8, 4) is 0 Å². The molecule has 1 rings (SSSR count). The molecule has 1 saturated carbocycles. The van der Waals surface area contributed by atoms with Crippen LogP contribution >= 0.6 is 0 Å². The molecule has 10 heteroatoms. The molecule has 0 radical (unpaired) electrons. The van der Waals surface area contributed by atoms with Crippen LogP contribution in [0.1, 0.15) is 32.1 Å². The molecule has 0 unspecified atom stereocenters. The third-order valence-electron chi connectivity index (χ3n) is 2.54. The Hall–Kier alpha value is -0.320. The Balaban J connectivity index is 2.88. The van der Waals surface area contributed by atoms with Gasteiger partial charge < -0.3 is 0 Å². The molecule has 0 amide bonds. The van der Waals surface area contributed by atoms with Crippen molar-refractivity contribution in [3.63, 3.8) is 0 Å². The van der Waals surface area contributed by atoms with Crippen molar-refractivity contribution >= 4 is 20.1 Å². The molecule has 0 bridgehead atoms. The van der Waals surface area contributed by atoms with Gasteiger partial charge in [0.05, 0.1) is 0 Å². The number of halogens is 2. The number of alkyl halides is 2. The van der Waals surface area contributed by atoms with E-state index in [0.717, 1.165) is 6.42 Å². The van der Waals surface area contributed by atoms with Crippen LogP contribution in [0.25, 0.3) is 0 Å². The van der Waals surface area contributed by atoms with Crippen molar-refractivity contribution < 1.29 is 30.2 Å². The van der Waals surface area contributed by atoms with Gasteiger partial charge in [-0.05, 0) is 12.8 Å². The van der Waals surface area contributed by atoms with Gasteiger partial charge in [0.25, 0.3) is 10.0 Å². The van der Waals surface area contributed by atoms with Gasteiger partial charge in [-0.1, -0.05) is 19.3 Å². The normalized spacial score (nSPS) is 20.4. The van der Waals surface area contributed by atoms with Crippen LogP contribution in [0.5, 0.6) is 0 Å². The highest BCUT2D eigenvalue weighted by Gasteiger charge is 2.58. The summed E-state index contributed by atoms with van der Waals surface area (Å²) in [6, 6.07) is -0.707. The lowest BCUT2D eigenvalue weighted by atomic mass is 9.96. The predicted octanol–water partition coefficient (Wildman–Crippen LogP) is 0.677. The van der Waals surface area contributed by atoms with Crippen LogP contribution in [0, 0.1) is 0 Å². The third-order valence-corrected chi connectivity index (χ3v) is 5.70. The van der Waals surface area contributed by atoms with Crippen molar-refractivity contribution in [1.29, 1.82) is 0 Å². The van der Waals surface area contributed by atoms with E-state index < -0.39 is 30.8 Å². The highest BCUT2D eigenvalue weighted by Crippen LogP contribution is 2.28. The van der Waals surface area contributed by atoms with E-state index in [0.29, 0.717) is 25.7 Å². The second-order valence-corrected chi connectivity index (χ2v) is 7.37. The fourth-order valence-corrected chi connectivity index (χ4v) is 3.71. The van der Waals surface area contributed by atoms with Crippen LogP contribution in [0.3, 0.4) is 0 Å². The lowest BCUT2D eigenvalue weighted by Gasteiger charge is -2.24. The summed E-state index contributed by atoms with van der Waals surface area (Å²) in [6.45, 7) is 0. The SMILES string of the molecule is O=S(=O)(O)C(F)(F)S(=O)(=O)NC1CCCCC1. The van der Waals surface area contributed by atoms with Crippen LogP contribution in [0.4, 0.5) is 8.78 Å². The molecule has 0 atom stereocenters. The lowest BCUT2D eigenvalue weighted by Crippen LogP contribution is -2.49. The molecule has 0 spiro atoms. The molecular weight excluding hydrogens is 280 g/mol. The van der Waals surface area contributed by atoms with Crippen LogP contribution in [0.2, 0.25) is 0 Å². The van der Waals surface area contributed by atoms with Gasteiger partial charge in [-0.15, -0.1) is 0 Å². The Morgan fingerprint density at radius 1 is 1.06 bits per heavy atom. The number of nitrogens with one attached hydrogen (secondary N) is 1. The molecule has 0 aromatic carbocycles. The monoisotopic (exact) mass is 293 g/mol. The van der Waals surface area contributed by atoms with E-state index in [-0.39, 0.29) is 0 Å². The number of hydrogen-bond acceptors (Lipinski definition) is 4. The average molecular weight is 293 g/mol. The third kappa shape index (κ3) is 3.12. The Kier molecular flexibility index (Phi) is 4.12. The van der Waals surface area contributed by atoms with Gasteiger partial charge in [-0.3, -0.25) is 4.55 Å². The van der Waals surface area contributed by atoms with E-state index >= 15 is 0 Å². The Bertz CT molecular complexity index is 466. The van der Waals surface area contributed by atoms with Crippen LogP contribution < -0.4 is 4.72 Å². The smallest absolute Gasteiger partial charge is 0.280 e. The minimum absolute atomic E-state index is 0.376. The molecule has 1 fully saturated rings. The van der Waals surface area contributed by atoms with Crippen molar-refractivity contribution in [2.24, 2.45) is 0 Å². The Morgan fingerprint density at radius 3 is 1.94 bits per heavy atom. The van der Waals surface area contributed by atoms with Gasteiger partial charge >= 0.3 is 14.7 Å². The summed E-state index contributed by atoms with van der Waals surface area (Å²) in [6.07, 6.45) is 3.00. The molecule has 6 nitrogen and oxygen atoms in total. The van der Waals surface area contributed by atoms with E-state index in [2.05, 4.69) is 0 Å². The first-order chi connectivity index (χ1) is 7.58. The fourth-order valence-electron chi connectivity index (χ4n) is 1.65. The molecule has 102 valence electrons. The molecule has 1 aliphatic carbocycles. The van der Waals surface area contributed by atoms with Crippen LogP contribution in [-0.2, 0) is 20.1 Å². The van der Waals surface area contributed by atoms with Crippen molar-refractivity contribution in [1.82, 2.24) is 4.72 Å². The summed E-state index contributed by atoms with van der Waals surface area (Å²) < 4.78 is 73.6. The molecule has 0 aromatic rings. The van der Waals surface area contributed by atoms with E-state index in [4.69, 9.17) is 4.55 Å². The molecule has 0 heterocycles. The van der Waals surface area contributed by atoms with E-state index in [9.17, 15) is 25.6 Å². The zero-order valence-electron chi connectivity index (χ0n) is 8.77. The summed E-state index contributed by atoms with van der Waals surface area (Å²) in [7, 11) is -11.4. The lowest BCUT2D eigenvalue weighted by molar-refractivity contribution is 0.163. The Morgan fingerprint density at radius 2 is 1.53 bits per heavy atom. The number of rotatable bonds is 4. The predicted molar refractivity (Wildman–Crippen MR) is 55.4 cm³/mol. The standard InChI is InChI=1S/C7H13F2NO5S2/c8-7(9,17(13,14)15)16(11,12)10-6-4-2-1-3-5-6/h6,10H,1-5H2,(H,13,14,15). The summed E-state index contributed by atoms with van der Waals surface area (Å²) in [5, 5.41) is 0. The zero-order valence-corrected chi connectivity index (χ0v) is 10.4. The maximum Gasteiger partial charge on any atom is 0.484 e. The van der Waals surface area contributed by atoms with E-state index in [1.54, 1.807) is 4.72 Å². The molecule has 0 aliphatic heterocycles. The van der Waals surface area contributed by atoms with Gasteiger partial charge in [0.1, 0.15) is 0 Å². The summed E-state index contributed by atoms with van der Waals surface area (Å²) in [5.41, 5.74) is 0. The van der Waals surface area contributed by atoms with Crippen molar-refractivity contribution in [3.05, 3.63) is 0 Å². The number of sulfonamides is 1. The topological polar surface area (TPSA) is 101 Å². The summed E-state index contributed by atoms with van der Waals surface area (Å²) >= 11 is 0. The first-order valence-corrected chi connectivity index (χ1v) is 7.87. The molecular formula is C7H13F2NO5S2. The number of hydrogen-bond donors (Lipinski definition) is 2. The minimum Gasteiger partial charge on any atom is -0.280 e. The average Bonchev–Trinajstić information content (AvgIpc) is 2.16. The highest BCUT2D eigenvalue weighted by atomic mass is 32.3. The fraction of sp³-hybridized carbons (Fsp3) is 1.00. The molecule has 1 aliphatic rings. The Labute approximate surface area is 98.2 Å². The quantitative estimate of drug-likeness (QED) is 0.742. The van der Waals surface area contributed by atoms with Gasteiger partial charge in [0, 0.05) is 6.04 Å². The van der Waals surface area contributed by atoms with Crippen molar-refractivity contribution in [2.45, 2.75) is 42.7 Å². The van der Waals surface area contributed by atoms with Gasteiger partial charge in [0.2, 0.25) is 0 Å². The molecule has 2 N–H and O–H groups in total. The first kappa shape index (κ1) is 14.7.